The number of carbonyl (C=O) groups is 1. The van der Waals surface area contributed by atoms with Crippen LogP contribution in [-0.4, -0.2) is 25.6 Å². The highest BCUT2D eigenvalue weighted by Crippen LogP contribution is 2.33. The number of aromatic carboxylic acids is 1. The van der Waals surface area contributed by atoms with Crippen molar-refractivity contribution in [2.75, 3.05) is 5.73 Å². The third kappa shape index (κ3) is 2.22. The first kappa shape index (κ1) is 13.6. The van der Waals surface area contributed by atoms with Crippen LogP contribution < -0.4 is 11.3 Å². The van der Waals surface area contributed by atoms with Crippen molar-refractivity contribution < 1.29 is 23.1 Å². The van der Waals surface area contributed by atoms with Crippen LogP contribution in [0.1, 0.15) is 15.9 Å². The molecule has 7 nitrogen and oxygen atoms in total. The molecule has 0 bridgehead atoms. The maximum Gasteiger partial charge on any atom is 0.418 e. The van der Waals surface area contributed by atoms with Crippen LogP contribution in [0, 0.1) is 0 Å². The Balaban J connectivity index is 2.69. The summed E-state index contributed by atoms with van der Waals surface area (Å²) in [6, 6.07) is 0. The molecule has 0 saturated carbocycles. The Morgan fingerprint density at radius 1 is 1.40 bits per heavy atom. The molecule has 20 heavy (non-hydrogen) atoms. The molecule has 0 aliphatic rings. The van der Waals surface area contributed by atoms with E-state index in [1.807, 2.05) is 0 Å². The Bertz CT molecular complexity index is 732. The molecule has 0 unspecified atom stereocenters. The number of halogens is 3. The van der Waals surface area contributed by atoms with Crippen molar-refractivity contribution in [2.24, 2.45) is 0 Å². The Kier molecular flexibility index (Phi) is 3.00. The lowest BCUT2D eigenvalue weighted by molar-refractivity contribution is -0.138. The van der Waals surface area contributed by atoms with Crippen molar-refractivity contribution in [3.8, 4) is 5.82 Å². The number of rotatable bonds is 2. The Labute approximate surface area is 108 Å². The van der Waals surface area contributed by atoms with Gasteiger partial charge >= 0.3 is 12.1 Å². The highest BCUT2D eigenvalue weighted by atomic mass is 19.4. The molecule has 0 saturated heterocycles. The summed E-state index contributed by atoms with van der Waals surface area (Å²) in [7, 11) is 0. The van der Waals surface area contributed by atoms with E-state index < -0.39 is 34.5 Å². The number of alkyl halides is 3. The average Bonchev–Trinajstić information content (AvgIpc) is 2.77. The molecule has 2 heterocycles. The van der Waals surface area contributed by atoms with Crippen LogP contribution in [0.15, 0.2) is 23.5 Å². The largest absolute Gasteiger partial charge is 0.478 e. The van der Waals surface area contributed by atoms with Crippen molar-refractivity contribution in [3.63, 3.8) is 0 Å². The van der Waals surface area contributed by atoms with Gasteiger partial charge in [-0.1, -0.05) is 0 Å². The summed E-state index contributed by atoms with van der Waals surface area (Å²) in [5.74, 6) is -2.04. The molecule has 0 aliphatic heterocycles. The van der Waals surface area contributed by atoms with Gasteiger partial charge in [0.1, 0.15) is 5.69 Å². The normalized spacial score (nSPS) is 11.6. The van der Waals surface area contributed by atoms with Gasteiger partial charge in [0, 0.05) is 12.4 Å². The van der Waals surface area contributed by atoms with Crippen LogP contribution in [0.2, 0.25) is 0 Å². The molecule has 2 aromatic rings. The van der Waals surface area contributed by atoms with Gasteiger partial charge in [-0.3, -0.25) is 4.79 Å². The number of nitrogens with one attached hydrogen (secondary N) is 1. The zero-order valence-electron chi connectivity index (χ0n) is 9.60. The Morgan fingerprint density at radius 2 is 2.05 bits per heavy atom. The van der Waals surface area contributed by atoms with Crippen molar-refractivity contribution in [1.29, 1.82) is 0 Å². The summed E-state index contributed by atoms with van der Waals surface area (Å²) in [6.07, 6.45) is -2.69. The lowest BCUT2D eigenvalue weighted by Gasteiger charge is -2.05. The van der Waals surface area contributed by atoms with E-state index in [4.69, 9.17) is 10.8 Å². The molecule has 0 radical (unpaired) electrons. The second-order valence-electron chi connectivity index (χ2n) is 3.76. The van der Waals surface area contributed by atoms with E-state index in [2.05, 4.69) is 9.97 Å². The number of aromatic amines is 1. The van der Waals surface area contributed by atoms with E-state index in [9.17, 15) is 22.8 Å². The maximum absolute atomic E-state index is 12.7. The van der Waals surface area contributed by atoms with E-state index in [-0.39, 0.29) is 5.82 Å². The SMILES string of the molecule is Nc1c(-n2cc(C(=O)O)c(C(F)(F)F)c2)nc[nH]c1=O. The highest BCUT2D eigenvalue weighted by Gasteiger charge is 2.37. The predicted octanol–water partition coefficient (Wildman–Crippen LogP) is 0.860. The van der Waals surface area contributed by atoms with E-state index >= 15 is 0 Å². The van der Waals surface area contributed by atoms with Crippen molar-refractivity contribution in [3.05, 3.63) is 40.2 Å². The van der Waals surface area contributed by atoms with Gasteiger partial charge in [0.05, 0.1) is 17.5 Å². The van der Waals surface area contributed by atoms with Crippen LogP contribution in [0.25, 0.3) is 5.82 Å². The number of nitrogens with two attached hydrogens (primary N) is 1. The van der Waals surface area contributed by atoms with E-state index in [1.165, 1.54) is 0 Å². The van der Waals surface area contributed by atoms with Crippen LogP contribution in [-0.2, 0) is 6.18 Å². The summed E-state index contributed by atoms with van der Waals surface area (Å²) in [6.45, 7) is 0. The summed E-state index contributed by atoms with van der Waals surface area (Å²) in [5, 5.41) is 8.78. The highest BCUT2D eigenvalue weighted by molar-refractivity contribution is 5.89. The average molecular weight is 288 g/mol. The molecule has 0 spiro atoms. The lowest BCUT2D eigenvalue weighted by atomic mass is 10.2. The van der Waals surface area contributed by atoms with Gasteiger partial charge in [-0.2, -0.15) is 13.2 Å². The molecule has 0 fully saturated rings. The Hall–Kier alpha value is -2.78. The number of anilines is 1. The fourth-order valence-electron chi connectivity index (χ4n) is 1.58. The minimum absolute atomic E-state index is 0.285. The summed E-state index contributed by atoms with van der Waals surface area (Å²) < 4.78 is 38.9. The Morgan fingerprint density at radius 3 is 2.55 bits per heavy atom. The van der Waals surface area contributed by atoms with Gasteiger partial charge in [0.15, 0.2) is 5.82 Å². The zero-order chi connectivity index (χ0) is 15.1. The number of nitrogen functional groups attached to an aromatic ring is 1. The second kappa shape index (κ2) is 4.40. The van der Waals surface area contributed by atoms with Crippen molar-refractivity contribution >= 4 is 11.7 Å². The zero-order valence-corrected chi connectivity index (χ0v) is 9.60. The fraction of sp³-hybridized carbons (Fsp3) is 0.100. The van der Waals surface area contributed by atoms with Gasteiger partial charge in [0.25, 0.3) is 5.56 Å². The molecule has 10 heteroatoms. The third-order valence-corrected chi connectivity index (χ3v) is 2.47. The molecule has 0 aromatic carbocycles. The standard InChI is InChI=1S/C10H7F3N4O3/c11-10(12,13)5-2-17(1-4(5)9(19)20)7-6(14)8(18)16-3-15-7/h1-3H,14H2,(H,19,20)(H,15,16,18). The molecule has 4 N–H and O–H groups in total. The topological polar surface area (TPSA) is 114 Å². The molecule has 0 atom stereocenters. The van der Waals surface area contributed by atoms with Gasteiger partial charge in [0.2, 0.25) is 0 Å². The number of hydrogen-bond acceptors (Lipinski definition) is 4. The molecule has 0 aliphatic carbocycles. The fourth-order valence-corrected chi connectivity index (χ4v) is 1.58. The number of H-pyrrole nitrogens is 1. The summed E-state index contributed by atoms with van der Waals surface area (Å²) in [4.78, 5) is 27.9. The monoisotopic (exact) mass is 288 g/mol. The molecule has 2 aromatic heterocycles. The number of hydrogen-bond donors (Lipinski definition) is 3. The molecular formula is C10H7F3N4O3. The quantitative estimate of drug-likeness (QED) is 0.758. The predicted molar refractivity (Wildman–Crippen MR) is 60.6 cm³/mol. The molecule has 106 valence electrons. The van der Waals surface area contributed by atoms with Crippen LogP contribution in [0.5, 0.6) is 0 Å². The van der Waals surface area contributed by atoms with Gasteiger partial charge in [-0.05, 0) is 0 Å². The third-order valence-electron chi connectivity index (χ3n) is 2.47. The van der Waals surface area contributed by atoms with Gasteiger partial charge in [-0.25, -0.2) is 9.78 Å². The van der Waals surface area contributed by atoms with Crippen LogP contribution in [0.4, 0.5) is 18.9 Å². The van der Waals surface area contributed by atoms with Gasteiger partial charge in [-0.15, -0.1) is 0 Å². The first-order valence-electron chi connectivity index (χ1n) is 5.08. The number of carboxylic acids is 1. The van der Waals surface area contributed by atoms with Crippen LogP contribution in [0.3, 0.4) is 0 Å². The lowest BCUT2D eigenvalue weighted by Crippen LogP contribution is -2.16. The van der Waals surface area contributed by atoms with Crippen molar-refractivity contribution in [1.82, 2.24) is 14.5 Å². The minimum atomic E-state index is -4.85. The van der Waals surface area contributed by atoms with Gasteiger partial charge < -0.3 is 20.4 Å². The summed E-state index contributed by atoms with van der Waals surface area (Å²) in [5.41, 5.74) is 1.92. The van der Waals surface area contributed by atoms with Crippen LogP contribution >= 0.6 is 0 Å². The molecule has 2 rings (SSSR count). The van der Waals surface area contributed by atoms with E-state index in [0.717, 1.165) is 10.9 Å². The van der Waals surface area contributed by atoms with E-state index in [0.29, 0.717) is 12.4 Å². The first-order valence-corrected chi connectivity index (χ1v) is 5.08. The van der Waals surface area contributed by atoms with E-state index in [1.54, 1.807) is 0 Å². The number of aromatic nitrogens is 3. The smallest absolute Gasteiger partial charge is 0.418 e. The first-order chi connectivity index (χ1) is 9.21. The summed E-state index contributed by atoms with van der Waals surface area (Å²) >= 11 is 0. The maximum atomic E-state index is 12.7. The second-order valence-corrected chi connectivity index (χ2v) is 3.76. The number of nitrogens with zero attached hydrogens (tertiary/aromatic N) is 2. The molecule has 0 amide bonds. The number of carboxylic acid groups (broad SMARTS) is 1. The van der Waals surface area contributed by atoms with Crippen molar-refractivity contribution in [2.45, 2.75) is 6.18 Å². The minimum Gasteiger partial charge on any atom is -0.478 e. The molecular weight excluding hydrogens is 281 g/mol.